The van der Waals surface area contributed by atoms with Crippen molar-refractivity contribution in [2.45, 2.75) is 96.8 Å². The number of ether oxygens (including phenoxy) is 1. The maximum atomic E-state index is 11.9. The number of hydrogen-bond donors (Lipinski definition) is 0. The second kappa shape index (κ2) is 19.5. The van der Waals surface area contributed by atoms with Crippen LogP contribution in [0.1, 0.15) is 96.8 Å². The van der Waals surface area contributed by atoms with Crippen molar-refractivity contribution >= 4 is 7.82 Å². The Kier molecular flexibility index (Phi) is 19.5. The molecule has 188 valence electrons. The van der Waals surface area contributed by atoms with E-state index in [-0.39, 0.29) is 18.7 Å². The number of phosphoric ester groups is 1. The van der Waals surface area contributed by atoms with Gasteiger partial charge in [0.25, 0.3) is 7.82 Å². The Morgan fingerprint density at radius 3 is 1.68 bits per heavy atom. The monoisotopic (exact) mass is 467 g/mol. The summed E-state index contributed by atoms with van der Waals surface area (Å²) in [6, 6.07) is 0. The molecule has 0 aromatic carbocycles. The lowest BCUT2D eigenvalue weighted by atomic mass is 10.0. The van der Waals surface area contributed by atoms with Crippen LogP contribution in [-0.4, -0.2) is 63.1 Å². The number of likely N-dealkylation sites (N-methyl/N-ethyl adjacent to an activating group) is 1. The normalized spacial score (nSPS) is 17.8. The zero-order valence-electron chi connectivity index (χ0n) is 20.3. The van der Waals surface area contributed by atoms with Gasteiger partial charge < -0.3 is 28.6 Å². The van der Waals surface area contributed by atoms with Crippen LogP contribution in [0, 0.1) is 0 Å². The average Bonchev–Trinajstić information content (AvgIpc) is 2.71. The van der Waals surface area contributed by atoms with E-state index in [1.807, 2.05) is 0 Å². The molecule has 1 heterocycles. The quantitative estimate of drug-likeness (QED) is 0.148. The van der Waals surface area contributed by atoms with E-state index >= 15 is 0 Å². The average molecular weight is 468 g/mol. The molecule has 1 rings (SSSR count). The van der Waals surface area contributed by atoms with Gasteiger partial charge in [-0.15, -0.1) is 0 Å². The summed E-state index contributed by atoms with van der Waals surface area (Å²) in [6.07, 6.45) is 17.9. The second-order valence-electron chi connectivity index (χ2n) is 9.11. The lowest BCUT2D eigenvalue weighted by Gasteiger charge is -2.37. The van der Waals surface area contributed by atoms with Crippen molar-refractivity contribution in [1.82, 2.24) is 0 Å². The van der Waals surface area contributed by atoms with Crippen LogP contribution in [0.2, 0.25) is 0 Å². The lowest BCUT2D eigenvalue weighted by Crippen LogP contribution is -2.53. The first-order chi connectivity index (χ1) is 14.5. The Hall–Kier alpha value is -0.0100. The molecule has 0 aliphatic carbocycles. The molecule has 31 heavy (non-hydrogen) atoms. The maximum absolute atomic E-state index is 11.9. The topological polar surface area (TPSA) is 99.3 Å². The molecule has 0 amide bonds. The highest BCUT2D eigenvalue weighted by atomic mass is 31.2. The molecular weight excluding hydrogens is 417 g/mol. The van der Waals surface area contributed by atoms with Crippen molar-refractivity contribution < 1.29 is 33.2 Å². The Balaban J connectivity index is 0.00000900. The fourth-order valence-corrected chi connectivity index (χ4v) is 4.62. The van der Waals surface area contributed by atoms with Gasteiger partial charge in [0.05, 0.1) is 26.9 Å². The molecule has 1 aliphatic rings. The predicted octanol–water partition coefficient (Wildman–Crippen LogP) is 4.62. The molecule has 1 fully saturated rings. The molecule has 0 bridgehead atoms. The third-order valence-electron chi connectivity index (χ3n) is 6.18. The van der Waals surface area contributed by atoms with Gasteiger partial charge in [0.1, 0.15) is 26.2 Å². The van der Waals surface area contributed by atoms with Crippen LogP contribution in [-0.2, 0) is 18.3 Å². The van der Waals surface area contributed by atoms with Gasteiger partial charge in [0.15, 0.2) is 0 Å². The van der Waals surface area contributed by atoms with E-state index < -0.39 is 7.82 Å². The van der Waals surface area contributed by atoms with Crippen molar-refractivity contribution in [1.29, 1.82) is 0 Å². The third kappa shape index (κ3) is 18.1. The molecule has 0 saturated carbocycles. The Morgan fingerprint density at radius 2 is 1.19 bits per heavy atom. The minimum absolute atomic E-state index is 0. The van der Waals surface area contributed by atoms with Crippen LogP contribution in [0.4, 0.5) is 0 Å². The summed E-state index contributed by atoms with van der Waals surface area (Å²) in [5.74, 6) is 0. The molecule has 0 aromatic heterocycles. The molecule has 0 radical (unpaired) electrons. The van der Waals surface area contributed by atoms with Crippen molar-refractivity contribution in [2.75, 3.05) is 53.1 Å². The Labute approximate surface area is 191 Å². The highest BCUT2D eigenvalue weighted by molar-refractivity contribution is 7.45. The van der Waals surface area contributed by atoms with Crippen molar-refractivity contribution in [3.8, 4) is 0 Å². The van der Waals surface area contributed by atoms with E-state index in [1.54, 1.807) is 0 Å². The molecule has 8 heteroatoms. The molecule has 2 N–H and O–H groups in total. The minimum Gasteiger partial charge on any atom is -0.756 e. The van der Waals surface area contributed by atoms with Gasteiger partial charge in [-0.2, -0.15) is 0 Å². The number of phosphoric acid groups is 1. The smallest absolute Gasteiger partial charge is 0.268 e. The number of morpholine rings is 1. The summed E-state index contributed by atoms with van der Waals surface area (Å²) in [4.78, 5) is 11.9. The number of unbranched alkanes of at least 4 members (excludes halogenated alkanes) is 13. The Morgan fingerprint density at radius 1 is 0.774 bits per heavy atom. The van der Waals surface area contributed by atoms with Gasteiger partial charge in [0.2, 0.25) is 0 Å². The third-order valence-corrected chi connectivity index (χ3v) is 7.18. The first-order valence-corrected chi connectivity index (χ1v) is 13.9. The zero-order chi connectivity index (χ0) is 22.0. The highest BCUT2D eigenvalue weighted by Crippen LogP contribution is 2.38. The molecule has 0 aromatic rings. The van der Waals surface area contributed by atoms with Gasteiger partial charge in [-0.1, -0.05) is 90.4 Å². The van der Waals surface area contributed by atoms with Gasteiger partial charge in [-0.05, 0) is 6.42 Å². The van der Waals surface area contributed by atoms with Crippen molar-refractivity contribution in [3.63, 3.8) is 0 Å². The largest absolute Gasteiger partial charge is 0.756 e. The molecule has 1 unspecified atom stereocenters. The van der Waals surface area contributed by atoms with E-state index in [2.05, 4.69) is 14.0 Å². The van der Waals surface area contributed by atoms with Crippen LogP contribution in [0.15, 0.2) is 0 Å². The van der Waals surface area contributed by atoms with Crippen molar-refractivity contribution in [2.24, 2.45) is 0 Å². The van der Waals surface area contributed by atoms with E-state index in [1.165, 1.54) is 70.6 Å². The fraction of sp³-hybridized carbons (Fsp3) is 1.00. The first kappa shape index (κ1) is 31.0. The molecule has 1 atom stereocenters. The predicted molar refractivity (Wildman–Crippen MR) is 125 cm³/mol. The van der Waals surface area contributed by atoms with Crippen LogP contribution >= 0.6 is 7.82 Å². The van der Waals surface area contributed by atoms with Crippen molar-refractivity contribution in [3.05, 3.63) is 0 Å². The van der Waals surface area contributed by atoms with Crippen LogP contribution in [0.3, 0.4) is 0 Å². The molecule has 1 aliphatic heterocycles. The second-order valence-corrected chi connectivity index (χ2v) is 10.5. The number of quaternary nitrogens is 1. The maximum Gasteiger partial charge on any atom is 0.268 e. The summed E-state index contributed by atoms with van der Waals surface area (Å²) in [6.45, 7) is 6.58. The Bertz CT molecular complexity index is 446. The summed E-state index contributed by atoms with van der Waals surface area (Å²) < 4.78 is 28.0. The molecule has 1 saturated heterocycles. The van der Waals surface area contributed by atoms with Gasteiger partial charge >= 0.3 is 0 Å². The van der Waals surface area contributed by atoms with Gasteiger partial charge in [-0.25, -0.2) is 0 Å². The zero-order valence-corrected chi connectivity index (χ0v) is 21.2. The van der Waals surface area contributed by atoms with E-state index in [4.69, 9.17) is 13.8 Å². The number of hydrogen-bond acceptors (Lipinski definition) is 5. The fourth-order valence-electron chi connectivity index (χ4n) is 3.89. The number of rotatable bonds is 20. The summed E-state index contributed by atoms with van der Waals surface area (Å²) >= 11 is 0. The SMILES string of the molecule is CCCCCCCCCCCCCCCCOP(=O)([O-])OCC[N+]1(C)CCOCC1.O. The standard InChI is InChI=1S/C23H48NO5P.H2O/c1-3-4-5-6-7-8-9-10-11-12-13-14-15-16-20-28-30(25,26)29-23-19-24(2)17-21-27-22-18-24;/h3-23H2,1-2H3;1H2. The highest BCUT2D eigenvalue weighted by Gasteiger charge is 2.25. The molecule has 7 nitrogen and oxygen atoms in total. The molecular formula is C23H50NO6P. The van der Waals surface area contributed by atoms with Crippen LogP contribution in [0.5, 0.6) is 0 Å². The lowest BCUT2D eigenvalue weighted by molar-refractivity contribution is -0.916. The van der Waals surface area contributed by atoms with E-state index in [9.17, 15) is 9.46 Å². The summed E-state index contributed by atoms with van der Waals surface area (Å²) in [5, 5.41) is 0. The number of nitrogens with zero attached hydrogens (tertiary/aromatic N) is 1. The first-order valence-electron chi connectivity index (χ1n) is 12.5. The minimum atomic E-state index is -4.17. The van der Waals surface area contributed by atoms with Gasteiger partial charge in [0, 0.05) is 0 Å². The van der Waals surface area contributed by atoms with E-state index in [0.717, 1.165) is 50.0 Å². The van der Waals surface area contributed by atoms with Crippen LogP contribution < -0.4 is 4.89 Å². The summed E-state index contributed by atoms with van der Waals surface area (Å²) in [5.41, 5.74) is 0. The van der Waals surface area contributed by atoms with Crippen LogP contribution in [0.25, 0.3) is 0 Å². The molecule has 0 spiro atoms. The van der Waals surface area contributed by atoms with Gasteiger partial charge in [-0.3, -0.25) is 4.57 Å². The summed E-state index contributed by atoms with van der Waals surface area (Å²) in [7, 11) is -2.06. The van der Waals surface area contributed by atoms with E-state index in [0.29, 0.717) is 6.54 Å².